The zero-order valence-electron chi connectivity index (χ0n) is 18.8. The Kier molecular flexibility index (Phi) is 6.98. The highest BCUT2D eigenvalue weighted by Gasteiger charge is 2.51. The Labute approximate surface area is 204 Å². The van der Waals surface area contributed by atoms with Crippen molar-refractivity contribution in [1.29, 1.82) is 0 Å². The predicted octanol–water partition coefficient (Wildman–Crippen LogP) is 4.58. The molecule has 1 N–H and O–H groups in total. The average molecular weight is 541 g/mol. The van der Waals surface area contributed by atoms with E-state index in [1.165, 1.54) is 17.3 Å². The molecule has 2 aliphatic rings. The van der Waals surface area contributed by atoms with Gasteiger partial charge in [0.1, 0.15) is 12.7 Å². The summed E-state index contributed by atoms with van der Waals surface area (Å²) in [5.41, 5.74) is -1.34. The van der Waals surface area contributed by atoms with Crippen molar-refractivity contribution in [3.05, 3.63) is 22.6 Å². The van der Waals surface area contributed by atoms with Crippen LogP contribution in [0, 0.1) is 5.41 Å². The Bertz CT molecular complexity index is 1150. The molecule has 0 bridgehead atoms. The highest BCUT2D eigenvalue weighted by molar-refractivity contribution is 7.17. The van der Waals surface area contributed by atoms with E-state index in [0.29, 0.717) is 25.8 Å². The summed E-state index contributed by atoms with van der Waals surface area (Å²) in [6, 6.07) is 0.818. The normalized spacial score (nSPS) is 22.1. The minimum Gasteiger partial charge on any atom is -0.474 e. The van der Waals surface area contributed by atoms with Gasteiger partial charge in [0.25, 0.3) is 5.91 Å². The van der Waals surface area contributed by atoms with Crippen molar-refractivity contribution < 1.29 is 50.1 Å². The first-order chi connectivity index (χ1) is 16.8. The highest BCUT2D eigenvalue weighted by atomic mass is 32.1. The van der Waals surface area contributed by atoms with Crippen LogP contribution in [-0.2, 0) is 15.7 Å². The van der Waals surface area contributed by atoms with Crippen LogP contribution in [0.15, 0.2) is 11.4 Å². The Morgan fingerprint density at radius 2 is 1.94 bits per heavy atom. The molecule has 4 rings (SSSR count). The molecule has 1 aliphatic carbocycles. The molecule has 1 saturated carbocycles. The van der Waals surface area contributed by atoms with Crippen molar-refractivity contribution in [3.8, 4) is 5.88 Å². The van der Waals surface area contributed by atoms with Crippen LogP contribution < -0.4 is 10.1 Å². The summed E-state index contributed by atoms with van der Waals surface area (Å²) in [5.74, 6) is -0.818. The first-order valence-electron chi connectivity index (χ1n) is 10.8. The van der Waals surface area contributed by atoms with Crippen LogP contribution in [0.1, 0.15) is 35.2 Å². The van der Waals surface area contributed by atoms with Crippen LogP contribution in [0.3, 0.4) is 0 Å². The standard InChI is InChI=1S/C21H21F6N3O5S/c1-28-17(31)12-9-36-16-13(20(22,23)24)6-14(29-15(12)16)35-11-7-19(8-11)2-3-30(10-19)18(32)33-4-5-34-21(25,26)27/h6,9,11H,2-5,7-8,10H2,1H3,(H,28,31). The van der Waals surface area contributed by atoms with E-state index in [-0.39, 0.29) is 33.6 Å². The quantitative estimate of drug-likeness (QED) is 0.426. The third-order valence-corrected chi connectivity index (χ3v) is 7.16. The number of rotatable bonds is 6. The average Bonchev–Trinajstić information content (AvgIpc) is 3.39. The number of halogens is 6. The number of amides is 2. The SMILES string of the molecule is CNC(=O)c1csc2c(C(F)(F)F)cc(OC3CC4(CCN(C(=O)OCCOC(F)(F)F)C4)C3)nc12. The second kappa shape index (κ2) is 9.57. The van der Waals surface area contributed by atoms with Gasteiger partial charge in [0.2, 0.25) is 5.88 Å². The molecule has 36 heavy (non-hydrogen) atoms. The molecule has 3 heterocycles. The van der Waals surface area contributed by atoms with Gasteiger partial charge in [-0.2, -0.15) is 13.2 Å². The molecule has 15 heteroatoms. The van der Waals surface area contributed by atoms with E-state index in [4.69, 9.17) is 9.47 Å². The summed E-state index contributed by atoms with van der Waals surface area (Å²) in [5, 5.41) is 3.69. The minimum atomic E-state index is -4.81. The first-order valence-corrected chi connectivity index (χ1v) is 11.7. The molecule has 198 valence electrons. The van der Waals surface area contributed by atoms with E-state index >= 15 is 0 Å². The molecule has 0 unspecified atom stereocenters. The monoisotopic (exact) mass is 541 g/mol. The number of alkyl halides is 6. The van der Waals surface area contributed by atoms with E-state index in [9.17, 15) is 35.9 Å². The lowest BCUT2D eigenvalue weighted by molar-refractivity contribution is -0.326. The van der Waals surface area contributed by atoms with Gasteiger partial charge in [0.05, 0.1) is 28.0 Å². The van der Waals surface area contributed by atoms with Gasteiger partial charge in [0, 0.05) is 31.6 Å². The number of ether oxygens (including phenoxy) is 3. The van der Waals surface area contributed by atoms with E-state index in [1.807, 2.05) is 0 Å². The number of likely N-dealkylation sites (tertiary alicyclic amines) is 1. The molecule has 8 nitrogen and oxygen atoms in total. The number of fused-ring (bicyclic) bond motifs is 1. The number of hydrogen-bond donors (Lipinski definition) is 1. The van der Waals surface area contributed by atoms with Gasteiger partial charge < -0.3 is 19.7 Å². The topological polar surface area (TPSA) is 90.0 Å². The number of thiophene rings is 1. The van der Waals surface area contributed by atoms with E-state index in [0.717, 1.165) is 17.4 Å². The van der Waals surface area contributed by atoms with Gasteiger partial charge in [-0.3, -0.25) is 9.53 Å². The zero-order valence-corrected chi connectivity index (χ0v) is 19.6. The maximum Gasteiger partial charge on any atom is 0.522 e. The summed E-state index contributed by atoms with van der Waals surface area (Å²) >= 11 is 0.773. The molecule has 0 aromatic carbocycles. The van der Waals surface area contributed by atoms with E-state index in [2.05, 4.69) is 15.0 Å². The number of carbonyl (C=O) groups is 2. The fourth-order valence-corrected chi connectivity index (χ4v) is 5.54. The van der Waals surface area contributed by atoms with Gasteiger partial charge >= 0.3 is 18.6 Å². The lowest BCUT2D eigenvalue weighted by atomic mass is 9.66. The third-order valence-electron chi connectivity index (χ3n) is 6.16. The van der Waals surface area contributed by atoms with Gasteiger partial charge in [-0.25, -0.2) is 9.78 Å². The Balaban J connectivity index is 1.37. The van der Waals surface area contributed by atoms with Crippen molar-refractivity contribution >= 4 is 33.6 Å². The molecule has 1 saturated heterocycles. The van der Waals surface area contributed by atoms with Crippen LogP contribution in [0.5, 0.6) is 5.88 Å². The summed E-state index contributed by atoms with van der Waals surface area (Å²) in [6.45, 7) is -0.743. The Morgan fingerprint density at radius 3 is 2.58 bits per heavy atom. The molecule has 2 amide bonds. The van der Waals surface area contributed by atoms with Crippen molar-refractivity contribution in [2.75, 3.05) is 33.4 Å². The maximum absolute atomic E-state index is 13.7. The van der Waals surface area contributed by atoms with Crippen molar-refractivity contribution in [2.24, 2.45) is 5.41 Å². The molecule has 1 spiro atoms. The second-order valence-corrected chi connectivity index (χ2v) is 9.52. The fraction of sp³-hybridized carbons (Fsp3) is 0.571. The Hall–Kier alpha value is -2.81. The molecule has 0 atom stereocenters. The van der Waals surface area contributed by atoms with Crippen LogP contribution in [0.4, 0.5) is 31.1 Å². The minimum absolute atomic E-state index is 0.0177. The third kappa shape index (κ3) is 5.61. The Morgan fingerprint density at radius 1 is 1.22 bits per heavy atom. The van der Waals surface area contributed by atoms with Crippen LogP contribution in [0.2, 0.25) is 0 Å². The lowest BCUT2D eigenvalue weighted by Crippen LogP contribution is -2.46. The molecule has 2 aromatic rings. The number of carbonyl (C=O) groups excluding carboxylic acids is 2. The van der Waals surface area contributed by atoms with Crippen LogP contribution in [-0.4, -0.2) is 67.7 Å². The van der Waals surface area contributed by atoms with Gasteiger partial charge in [-0.1, -0.05) is 0 Å². The molecular formula is C21H21F6N3O5S. The van der Waals surface area contributed by atoms with Gasteiger partial charge in [-0.15, -0.1) is 24.5 Å². The summed E-state index contributed by atoms with van der Waals surface area (Å²) in [7, 11) is 1.36. The van der Waals surface area contributed by atoms with Gasteiger partial charge in [-0.05, 0) is 24.7 Å². The summed E-state index contributed by atoms with van der Waals surface area (Å²) in [6.07, 6.45) is -9.21. The summed E-state index contributed by atoms with van der Waals surface area (Å²) in [4.78, 5) is 29.7. The largest absolute Gasteiger partial charge is 0.522 e. The van der Waals surface area contributed by atoms with Crippen molar-refractivity contribution in [2.45, 2.75) is 37.9 Å². The number of nitrogens with one attached hydrogen (secondary N) is 1. The number of aromatic nitrogens is 1. The molecule has 0 radical (unpaired) electrons. The highest BCUT2D eigenvalue weighted by Crippen LogP contribution is 2.50. The number of nitrogens with zero attached hydrogens (tertiary/aromatic N) is 2. The van der Waals surface area contributed by atoms with Crippen molar-refractivity contribution in [1.82, 2.24) is 15.2 Å². The molecule has 2 fully saturated rings. The van der Waals surface area contributed by atoms with Crippen molar-refractivity contribution in [3.63, 3.8) is 0 Å². The lowest BCUT2D eigenvalue weighted by Gasteiger charge is -2.44. The second-order valence-electron chi connectivity index (χ2n) is 8.64. The first kappa shape index (κ1) is 26.3. The number of pyridine rings is 1. The van der Waals surface area contributed by atoms with Crippen LogP contribution in [0.25, 0.3) is 10.2 Å². The molecule has 2 aromatic heterocycles. The predicted molar refractivity (Wildman–Crippen MR) is 114 cm³/mol. The zero-order chi connectivity index (χ0) is 26.3. The number of hydrogen-bond acceptors (Lipinski definition) is 7. The van der Waals surface area contributed by atoms with Crippen LogP contribution >= 0.6 is 11.3 Å². The van der Waals surface area contributed by atoms with E-state index < -0.39 is 49.4 Å². The fourth-order valence-electron chi connectivity index (χ4n) is 4.51. The molecular weight excluding hydrogens is 520 g/mol. The maximum atomic E-state index is 13.7. The smallest absolute Gasteiger partial charge is 0.474 e. The summed E-state index contributed by atoms with van der Waals surface area (Å²) < 4.78 is 90.8. The van der Waals surface area contributed by atoms with E-state index in [1.54, 1.807) is 0 Å². The molecule has 1 aliphatic heterocycles. The van der Waals surface area contributed by atoms with Gasteiger partial charge in [0.15, 0.2) is 0 Å².